The van der Waals surface area contributed by atoms with Crippen molar-refractivity contribution in [1.29, 1.82) is 0 Å². The Labute approximate surface area is 111 Å². The van der Waals surface area contributed by atoms with Crippen LogP contribution in [0.1, 0.15) is 25.7 Å². The Morgan fingerprint density at radius 1 is 1.58 bits per heavy atom. The Kier molecular flexibility index (Phi) is 3.64. The van der Waals surface area contributed by atoms with Crippen molar-refractivity contribution < 1.29 is 18.3 Å². The number of aryl methyl sites for hydroxylation is 1. The summed E-state index contributed by atoms with van der Waals surface area (Å²) in [7, 11) is -1.98. The van der Waals surface area contributed by atoms with Gasteiger partial charge in [0.2, 0.25) is 10.0 Å². The number of carbonyl (C=O) groups is 1. The maximum absolute atomic E-state index is 12.0. The molecule has 1 fully saturated rings. The number of aromatic nitrogens is 2. The molecule has 19 heavy (non-hydrogen) atoms. The lowest BCUT2D eigenvalue weighted by Gasteiger charge is -2.40. The molecule has 1 aliphatic carbocycles. The van der Waals surface area contributed by atoms with Crippen LogP contribution in [-0.4, -0.2) is 35.8 Å². The highest BCUT2D eigenvalue weighted by Gasteiger charge is 2.39. The summed E-state index contributed by atoms with van der Waals surface area (Å²) in [4.78, 5) is 10.9. The molecule has 1 aromatic rings. The van der Waals surface area contributed by atoms with Crippen LogP contribution in [0.5, 0.6) is 0 Å². The molecule has 1 aromatic heterocycles. The number of rotatable bonds is 6. The second-order valence-corrected chi connectivity index (χ2v) is 6.87. The Morgan fingerprint density at radius 2 is 2.26 bits per heavy atom. The van der Waals surface area contributed by atoms with Gasteiger partial charge < -0.3 is 5.11 Å². The molecule has 0 atom stereocenters. The van der Waals surface area contributed by atoms with Gasteiger partial charge in [0.05, 0.1) is 12.6 Å². The van der Waals surface area contributed by atoms with E-state index < -0.39 is 21.4 Å². The summed E-state index contributed by atoms with van der Waals surface area (Å²) in [5.41, 5.74) is -0.429. The molecule has 0 aliphatic heterocycles. The number of carboxylic acids is 1. The summed E-state index contributed by atoms with van der Waals surface area (Å²) < 4.78 is 27.9. The van der Waals surface area contributed by atoms with Crippen LogP contribution in [0.4, 0.5) is 0 Å². The third kappa shape index (κ3) is 3.13. The van der Waals surface area contributed by atoms with Crippen molar-refractivity contribution >= 4 is 16.0 Å². The second kappa shape index (κ2) is 4.93. The van der Waals surface area contributed by atoms with Crippen LogP contribution in [0.2, 0.25) is 0 Å². The zero-order chi connectivity index (χ0) is 14.1. The first-order chi connectivity index (χ1) is 8.83. The Bertz CT molecular complexity index is 575. The first-order valence-electron chi connectivity index (χ1n) is 6.03. The zero-order valence-electron chi connectivity index (χ0n) is 10.7. The lowest BCUT2D eigenvalue weighted by molar-refractivity contribution is -0.141. The highest BCUT2D eigenvalue weighted by molar-refractivity contribution is 7.89. The average Bonchev–Trinajstić information content (AvgIpc) is 2.69. The lowest BCUT2D eigenvalue weighted by atomic mass is 9.67. The molecule has 1 aliphatic rings. The number of sulfonamides is 1. The van der Waals surface area contributed by atoms with Crippen molar-refractivity contribution in [2.45, 2.75) is 30.6 Å². The quantitative estimate of drug-likeness (QED) is 0.786. The van der Waals surface area contributed by atoms with Gasteiger partial charge >= 0.3 is 5.97 Å². The molecule has 0 radical (unpaired) electrons. The minimum Gasteiger partial charge on any atom is -0.481 e. The highest BCUT2D eigenvalue weighted by atomic mass is 32.2. The summed E-state index contributed by atoms with van der Waals surface area (Å²) in [5.74, 6) is -0.889. The Morgan fingerprint density at radius 3 is 2.68 bits per heavy atom. The van der Waals surface area contributed by atoms with Crippen LogP contribution < -0.4 is 4.72 Å². The van der Waals surface area contributed by atoms with Crippen LogP contribution in [0.3, 0.4) is 0 Å². The topological polar surface area (TPSA) is 101 Å². The van der Waals surface area contributed by atoms with Gasteiger partial charge in [-0.2, -0.15) is 5.10 Å². The molecule has 0 saturated heterocycles. The van der Waals surface area contributed by atoms with Crippen LogP contribution >= 0.6 is 0 Å². The van der Waals surface area contributed by atoms with E-state index in [4.69, 9.17) is 5.11 Å². The molecular weight excluding hydrogens is 270 g/mol. The fourth-order valence-electron chi connectivity index (χ4n) is 2.28. The maximum Gasteiger partial charge on any atom is 0.303 e. The van der Waals surface area contributed by atoms with Gasteiger partial charge in [-0.25, -0.2) is 13.1 Å². The van der Waals surface area contributed by atoms with Gasteiger partial charge in [-0.15, -0.1) is 0 Å². The Hall–Kier alpha value is -1.41. The summed E-state index contributed by atoms with van der Waals surface area (Å²) >= 11 is 0. The molecule has 1 saturated carbocycles. The lowest BCUT2D eigenvalue weighted by Crippen LogP contribution is -2.43. The van der Waals surface area contributed by atoms with Gasteiger partial charge in [0.15, 0.2) is 0 Å². The van der Waals surface area contributed by atoms with E-state index in [1.807, 2.05) is 0 Å². The summed E-state index contributed by atoms with van der Waals surface area (Å²) in [5, 5.41) is 12.7. The summed E-state index contributed by atoms with van der Waals surface area (Å²) in [6.45, 7) is 0.163. The molecular formula is C11H17N3O4S. The smallest absolute Gasteiger partial charge is 0.303 e. The predicted molar refractivity (Wildman–Crippen MR) is 66.9 cm³/mol. The molecule has 106 valence electrons. The summed E-state index contributed by atoms with van der Waals surface area (Å²) in [6.07, 6.45) is 5.12. The van der Waals surface area contributed by atoms with E-state index in [1.54, 1.807) is 7.05 Å². The van der Waals surface area contributed by atoms with E-state index >= 15 is 0 Å². The van der Waals surface area contributed by atoms with E-state index in [2.05, 4.69) is 9.82 Å². The standard InChI is InChI=1S/C11H17N3O4S/c1-14-7-9(6-12-14)19(17,18)13-8-11(3-2-4-11)5-10(15)16/h6-7,13H,2-5,8H2,1H3,(H,15,16). The SMILES string of the molecule is Cn1cc(S(=O)(=O)NCC2(CC(=O)O)CCC2)cn1. The molecule has 0 bridgehead atoms. The molecule has 8 heteroatoms. The number of aliphatic carboxylic acids is 1. The molecule has 7 nitrogen and oxygen atoms in total. The molecule has 0 aromatic carbocycles. The normalized spacial score (nSPS) is 17.9. The van der Waals surface area contributed by atoms with Crippen LogP contribution in [-0.2, 0) is 21.9 Å². The van der Waals surface area contributed by atoms with Gasteiger partial charge in [-0.05, 0) is 18.3 Å². The predicted octanol–water partition coefficient (Wildman–Crippen LogP) is 0.343. The fourth-order valence-corrected chi connectivity index (χ4v) is 3.42. The van der Waals surface area contributed by atoms with Crippen molar-refractivity contribution in [3.05, 3.63) is 12.4 Å². The van der Waals surface area contributed by atoms with Crippen LogP contribution in [0.25, 0.3) is 0 Å². The number of nitrogens with one attached hydrogen (secondary N) is 1. The van der Waals surface area contributed by atoms with Gasteiger partial charge in [0, 0.05) is 19.8 Å². The van der Waals surface area contributed by atoms with Gasteiger partial charge in [-0.1, -0.05) is 6.42 Å². The van der Waals surface area contributed by atoms with E-state index in [1.165, 1.54) is 17.1 Å². The van der Waals surface area contributed by atoms with Crippen molar-refractivity contribution in [3.8, 4) is 0 Å². The Balaban J connectivity index is 2.03. The number of hydrogen-bond donors (Lipinski definition) is 2. The first-order valence-corrected chi connectivity index (χ1v) is 7.51. The molecule has 0 unspecified atom stereocenters. The van der Waals surface area contributed by atoms with E-state index in [0.717, 1.165) is 19.3 Å². The van der Waals surface area contributed by atoms with Crippen LogP contribution in [0, 0.1) is 5.41 Å². The van der Waals surface area contributed by atoms with Gasteiger partial charge in [-0.3, -0.25) is 9.48 Å². The molecule has 2 rings (SSSR count). The molecule has 1 heterocycles. The zero-order valence-corrected chi connectivity index (χ0v) is 11.5. The van der Waals surface area contributed by atoms with Crippen molar-refractivity contribution in [3.63, 3.8) is 0 Å². The van der Waals surface area contributed by atoms with E-state index in [0.29, 0.717) is 0 Å². The third-order valence-corrected chi connectivity index (χ3v) is 4.92. The van der Waals surface area contributed by atoms with Gasteiger partial charge in [0.1, 0.15) is 4.90 Å². The number of nitrogens with zero attached hydrogens (tertiary/aromatic N) is 2. The molecule has 0 amide bonds. The van der Waals surface area contributed by atoms with Gasteiger partial charge in [0.25, 0.3) is 0 Å². The summed E-state index contributed by atoms with van der Waals surface area (Å²) in [6, 6.07) is 0. The van der Waals surface area contributed by atoms with Crippen molar-refractivity contribution in [2.24, 2.45) is 12.5 Å². The van der Waals surface area contributed by atoms with E-state index in [-0.39, 0.29) is 17.9 Å². The molecule has 0 spiro atoms. The number of hydrogen-bond acceptors (Lipinski definition) is 4. The monoisotopic (exact) mass is 287 g/mol. The molecule has 2 N–H and O–H groups in total. The second-order valence-electron chi connectivity index (χ2n) is 5.10. The van der Waals surface area contributed by atoms with Crippen molar-refractivity contribution in [2.75, 3.05) is 6.54 Å². The highest BCUT2D eigenvalue weighted by Crippen LogP contribution is 2.43. The maximum atomic E-state index is 12.0. The van der Waals surface area contributed by atoms with Crippen LogP contribution in [0.15, 0.2) is 17.3 Å². The van der Waals surface area contributed by atoms with E-state index in [9.17, 15) is 13.2 Å². The minimum atomic E-state index is -3.61. The third-order valence-electron chi connectivity index (χ3n) is 3.57. The van der Waals surface area contributed by atoms with Crippen molar-refractivity contribution in [1.82, 2.24) is 14.5 Å². The largest absolute Gasteiger partial charge is 0.481 e. The minimum absolute atomic E-state index is 0.00254. The first kappa shape index (κ1) is 14.0. The average molecular weight is 287 g/mol. The fraction of sp³-hybridized carbons (Fsp3) is 0.636. The number of carboxylic acid groups (broad SMARTS) is 1.